The molecule has 184 valence electrons. The van der Waals surface area contributed by atoms with Gasteiger partial charge in [0.15, 0.2) is 5.78 Å². The van der Waals surface area contributed by atoms with Crippen molar-refractivity contribution in [1.82, 2.24) is 9.78 Å². The minimum Gasteiger partial charge on any atom is -0.486 e. The molecule has 1 heterocycles. The molecule has 0 saturated heterocycles. The van der Waals surface area contributed by atoms with Crippen LogP contribution in [0.5, 0.6) is 17.2 Å². The van der Waals surface area contributed by atoms with Crippen molar-refractivity contribution in [2.45, 2.75) is 6.54 Å². The molecule has 0 aliphatic carbocycles. The number of nitrogens with zero attached hydrogens (tertiary/aromatic N) is 2. The molecule has 0 fully saturated rings. The molecule has 4 aromatic carbocycles. The van der Waals surface area contributed by atoms with Crippen LogP contribution in [-0.4, -0.2) is 28.2 Å². The Labute approximate surface area is 213 Å². The Balaban J connectivity index is 1.13. The van der Waals surface area contributed by atoms with Crippen LogP contribution in [0.15, 0.2) is 109 Å². The highest BCUT2D eigenvalue weighted by atomic mass is 16.5. The third-order valence-electron chi connectivity index (χ3n) is 5.46. The summed E-state index contributed by atoms with van der Waals surface area (Å²) < 4.78 is 13.0. The van der Waals surface area contributed by atoms with Gasteiger partial charge in [-0.2, -0.15) is 5.10 Å². The lowest BCUT2D eigenvalue weighted by atomic mass is 10.2. The number of nitrogens with one attached hydrogen (secondary N) is 2. The molecular formula is C29H24N4O4. The van der Waals surface area contributed by atoms with E-state index in [9.17, 15) is 9.59 Å². The molecule has 0 spiro atoms. The number of ketones is 1. The first kappa shape index (κ1) is 23.6. The van der Waals surface area contributed by atoms with Gasteiger partial charge >= 0.3 is 6.03 Å². The number of anilines is 2. The molecular weight excluding hydrogens is 468 g/mol. The Morgan fingerprint density at radius 3 is 2.14 bits per heavy atom. The van der Waals surface area contributed by atoms with E-state index in [1.165, 1.54) is 0 Å². The van der Waals surface area contributed by atoms with Crippen molar-refractivity contribution in [3.8, 4) is 17.2 Å². The largest absolute Gasteiger partial charge is 0.486 e. The second-order valence-corrected chi connectivity index (χ2v) is 8.23. The highest BCUT2D eigenvalue weighted by Gasteiger charge is 2.11. The molecule has 0 aliphatic heterocycles. The maximum absolute atomic E-state index is 12.5. The highest BCUT2D eigenvalue weighted by molar-refractivity contribution is 6.01. The fraction of sp³-hybridized carbons (Fsp3) is 0.0690. The quantitative estimate of drug-likeness (QED) is 0.258. The standard InChI is InChI=1S/C29H24N4O4/c34-24(20-36-25-12-14-27(15-13-25)37-26-9-5-2-6-10-26)19-33-28-16-11-23(17-21(28)18-30-33)32-29(35)31-22-7-3-1-4-8-22/h1-18H,19-20H2,(H2,31,32,35). The van der Waals surface area contributed by atoms with Crippen LogP contribution in [0.1, 0.15) is 0 Å². The van der Waals surface area contributed by atoms with Gasteiger partial charge in [-0.25, -0.2) is 4.79 Å². The van der Waals surface area contributed by atoms with Crippen molar-refractivity contribution >= 4 is 34.1 Å². The first-order chi connectivity index (χ1) is 18.1. The van der Waals surface area contributed by atoms with Gasteiger partial charge in [-0.15, -0.1) is 0 Å². The SMILES string of the molecule is O=C(COc1ccc(Oc2ccccc2)cc1)Cn1ncc2cc(NC(=O)Nc3ccccc3)ccc21. The number of carbonyl (C=O) groups is 2. The molecule has 8 heteroatoms. The molecule has 0 unspecified atom stereocenters. The van der Waals surface area contributed by atoms with E-state index in [4.69, 9.17) is 9.47 Å². The van der Waals surface area contributed by atoms with Crippen molar-refractivity contribution in [1.29, 1.82) is 0 Å². The van der Waals surface area contributed by atoms with Crippen LogP contribution < -0.4 is 20.1 Å². The molecule has 0 aliphatic rings. The third-order valence-corrected chi connectivity index (χ3v) is 5.46. The molecule has 0 saturated carbocycles. The number of amides is 2. The number of rotatable bonds is 9. The summed E-state index contributed by atoms with van der Waals surface area (Å²) in [6, 6.07) is 30.8. The van der Waals surface area contributed by atoms with E-state index in [2.05, 4.69) is 15.7 Å². The van der Waals surface area contributed by atoms with Crippen molar-refractivity contribution in [2.75, 3.05) is 17.2 Å². The number of ether oxygens (including phenoxy) is 2. The van der Waals surface area contributed by atoms with Crippen LogP contribution in [0, 0.1) is 0 Å². The minimum absolute atomic E-state index is 0.0694. The summed E-state index contributed by atoms with van der Waals surface area (Å²) >= 11 is 0. The molecule has 5 aromatic rings. The number of hydrogen-bond donors (Lipinski definition) is 2. The fourth-order valence-electron chi connectivity index (χ4n) is 3.71. The number of para-hydroxylation sites is 2. The summed E-state index contributed by atoms with van der Waals surface area (Å²) in [4.78, 5) is 24.8. The number of benzene rings is 4. The number of aromatic nitrogens is 2. The molecule has 0 radical (unpaired) electrons. The summed E-state index contributed by atoms with van der Waals surface area (Å²) in [6.45, 7) is -0.0144. The van der Waals surface area contributed by atoms with E-state index >= 15 is 0 Å². The zero-order valence-corrected chi connectivity index (χ0v) is 19.8. The van der Waals surface area contributed by atoms with Gasteiger partial charge in [0, 0.05) is 16.8 Å². The number of Topliss-reactive ketones (excluding diaryl/α,β-unsaturated/α-hetero) is 1. The maximum atomic E-state index is 12.5. The smallest absolute Gasteiger partial charge is 0.323 e. The molecule has 2 amide bonds. The average molecular weight is 493 g/mol. The lowest BCUT2D eigenvalue weighted by Crippen LogP contribution is -2.19. The fourth-order valence-corrected chi connectivity index (χ4v) is 3.71. The second-order valence-electron chi connectivity index (χ2n) is 8.23. The van der Waals surface area contributed by atoms with Gasteiger partial charge in [-0.1, -0.05) is 36.4 Å². The summed E-state index contributed by atoms with van der Waals surface area (Å²) in [5, 5.41) is 10.7. The monoisotopic (exact) mass is 492 g/mol. The van der Waals surface area contributed by atoms with E-state index in [1.807, 2.05) is 72.8 Å². The van der Waals surface area contributed by atoms with Gasteiger partial charge in [0.25, 0.3) is 0 Å². The van der Waals surface area contributed by atoms with Gasteiger partial charge < -0.3 is 20.1 Å². The number of fused-ring (bicyclic) bond motifs is 1. The Bertz CT molecular complexity index is 1500. The second kappa shape index (κ2) is 11.1. The van der Waals surface area contributed by atoms with Crippen molar-refractivity contribution in [2.24, 2.45) is 0 Å². The topological polar surface area (TPSA) is 94.5 Å². The van der Waals surface area contributed by atoms with Crippen LogP contribution in [0.25, 0.3) is 10.9 Å². The molecule has 1 aromatic heterocycles. The van der Waals surface area contributed by atoms with E-state index in [0.717, 1.165) is 16.7 Å². The zero-order valence-electron chi connectivity index (χ0n) is 19.8. The predicted octanol–water partition coefficient (Wildman–Crippen LogP) is 6.12. The summed E-state index contributed by atoms with van der Waals surface area (Å²) in [5.41, 5.74) is 2.10. The molecule has 5 rings (SSSR count). The Kier molecular flexibility index (Phi) is 7.08. The Morgan fingerprint density at radius 2 is 1.38 bits per heavy atom. The van der Waals surface area contributed by atoms with E-state index in [-0.39, 0.29) is 25.0 Å². The number of urea groups is 1. The van der Waals surface area contributed by atoms with Crippen LogP contribution >= 0.6 is 0 Å². The van der Waals surface area contributed by atoms with Gasteiger partial charge in [0.2, 0.25) is 0 Å². The van der Waals surface area contributed by atoms with E-state index in [0.29, 0.717) is 22.9 Å². The van der Waals surface area contributed by atoms with E-state index < -0.39 is 0 Å². The third kappa shape index (κ3) is 6.32. The van der Waals surface area contributed by atoms with Gasteiger partial charge in [0.1, 0.15) is 30.4 Å². The van der Waals surface area contributed by atoms with Crippen LogP contribution in [0.2, 0.25) is 0 Å². The van der Waals surface area contributed by atoms with Crippen molar-refractivity contribution in [3.63, 3.8) is 0 Å². The van der Waals surface area contributed by atoms with Gasteiger partial charge in [-0.3, -0.25) is 9.48 Å². The summed E-state index contributed by atoms with van der Waals surface area (Å²) in [7, 11) is 0. The van der Waals surface area contributed by atoms with Crippen LogP contribution in [0.4, 0.5) is 16.2 Å². The number of hydrogen-bond acceptors (Lipinski definition) is 5. The van der Waals surface area contributed by atoms with E-state index in [1.54, 1.807) is 41.2 Å². The number of carbonyl (C=O) groups excluding carboxylic acids is 2. The van der Waals surface area contributed by atoms with Crippen molar-refractivity contribution < 1.29 is 19.1 Å². The Morgan fingerprint density at radius 1 is 0.730 bits per heavy atom. The first-order valence-electron chi connectivity index (χ1n) is 11.7. The summed E-state index contributed by atoms with van der Waals surface area (Å²) in [5.74, 6) is 1.87. The normalized spacial score (nSPS) is 10.6. The zero-order chi connectivity index (χ0) is 25.5. The first-order valence-corrected chi connectivity index (χ1v) is 11.7. The molecule has 8 nitrogen and oxygen atoms in total. The highest BCUT2D eigenvalue weighted by Crippen LogP contribution is 2.24. The lowest BCUT2D eigenvalue weighted by Gasteiger charge is -2.09. The average Bonchev–Trinajstić information content (AvgIpc) is 3.31. The van der Waals surface area contributed by atoms with Crippen LogP contribution in [0.3, 0.4) is 0 Å². The van der Waals surface area contributed by atoms with Crippen LogP contribution in [-0.2, 0) is 11.3 Å². The maximum Gasteiger partial charge on any atom is 0.323 e. The minimum atomic E-state index is -0.343. The molecule has 0 atom stereocenters. The predicted molar refractivity (Wildman–Crippen MR) is 142 cm³/mol. The van der Waals surface area contributed by atoms with Crippen molar-refractivity contribution in [3.05, 3.63) is 109 Å². The lowest BCUT2D eigenvalue weighted by molar-refractivity contribution is -0.121. The molecule has 0 bridgehead atoms. The Hall–Kier alpha value is -5.11. The molecule has 2 N–H and O–H groups in total. The summed E-state index contributed by atoms with van der Waals surface area (Å²) in [6.07, 6.45) is 1.66. The molecule has 37 heavy (non-hydrogen) atoms. The van der Waals surface area contributed by atoms with Gasteiger partial charge in [0.05, 0.1) is 11.7 Å². The van der Waals surface area contributed by atoms with Gasteiger partial charge in [-0.05, 0) is 66.7 Å².